The third-order valence-electron chi connectivity index (χ3n) is 5.42. The second kappa shape index (κ2) is 9.77. The largest absolute Gasteiger partial charge is 0.368 e. The summed E-state index contributed by atoms with van der Waals surface area (Å²) in [5.41, 5.74) is 5.67. The van der Waals surface area contributed by atoms with Crippen LogP contribution >= 0.6 is 0 Å². The summed E-state index contributed by atoms with van der Waals surface area (Å²) in [6.45, 7) is 2.93. The number of rotatable bonds is 7. The number of hydrogen-bond donors (Lipinski definition) is 1. The topological polar surface area (TPSA) is 117 Å². The first-order valence-corrected chi connectivity index (χ1v) is 10.4. The molecule has 1 heterocycles. The minimum Gasteiger partial charge on any atom is -0.368 e. The summed E-state index contributed by atoms with van der Waals surface area (Å²) >= 11 is 0. The van der Waals surface area contributed by atoms with Gasteiger partial charge in [0.2, 0.25) is 0 Å². The number of hydrogen-bond acceptors (Lipinski definition) is 8. The fraction of sp³-hybridized carbons (Fsp3) is 0.174. The van der Waals surface area contributed by atoms with Gasteiger partial charge in [-0.05, 0) is 30.3 Å². The van der Waals surface area contributed by atoms with Crippen molar-refractivity contribution in [1.82, 2.24) is 0 Å². The molecular weight excluding hydrogens is 424 g/mol. The number of nitro benzene ring substituents is 2. The monoisotopic (exact) mass is 446 g/mol. The van der Waals surface area contributed by atoms with Gasteiger partial charge in [-0.2, -0.15) is 5.10 Å². The van der Waals surface area contributed by atoms with Crippen molar-refractivity contribution in [3.05, 3.63) is 98.6 Å². The fourth-order valence-electron chi connectivity index (χ4n) is 3.72. The molecule has 0 aromatic heterocycles. The van der Waals surface area contributed by atoms with Crippen LogP contribution in [0.3, 0.4) is 0 Å². The number of hydrazone groups is 1. The van der Waals surface area contributed by atoms with E-state index in [1.165, 1.54) is 36.5 Å². The van der Waals surface area contributed by atoms with Crippen LogP contribution in [0.4, 0.5) is 28.4 Å². The molecule has 1 saturated heterocycles. The summed E-state index contributed by atoms with van der Waals surface area (Å²) in [5, 5.41) is 26.5. The zero-order valence-corrected chi connectivity index (χ0v) is 17.7. The van der Waals surface area contributed by atoms with Gasteiger partial charge in [-0.15, -0.1) is 0 Å². The molecule has 0 bridgehead atoms. The van der Waals surface area contributed by atoms with E-state index in [0.717, 1.165) is 18.8 Å². The van der Waals surface area contributed by atoms with Gasteiger partial charge in [0, 0.05) is 55.6 Å². The molecule has 0 saturated carbocycles. The molecule has 0 amide bonds. The third-order valence-corrected chi connectivity index (χ3v) is 5.42. The number of nitrogens with zero attached hydrogens (tertiary/aromatic N) is 5. The van der Waals surface area contributed by atoms with Crippen molar-refractivity contribution in [2.45, 2.75) is 0 Å². The maximum atomic E-state index is 11.7. The van der Waals surface area contributed by atoms with Gasteiger partial charge < -0.3 is 9.80 Å². The standard InChI is InChI=1S/C23H22N6O4/c30-28(31)21-9-7-19(8-10-21)25-24-17-18-6-11-22(23(16-18)29(32)33)27-14-12-26(13-15-27)20-4-2-1-3-5-20/h1-11,16-17,25H,12-15H2/b24-17-. The van der Waals surface area contributed by atoms with Gasteiger partial charge in [0.15, 0.2) is 0 Å². The SMILES string of the molecule is O=[N+]([O-])c1ccc(N/N=C\c2ccc(N3CCN(c4ccccc4)CC3)c([N+](=O)[O-])c2)cc1. The van der Waals surface area contributed by atoms with E-state index in [1.54, 1.807) is 12.1 Å². The number of para-hydroxylation sites is 1. The van der Waals surface area contributed by atoms with Crippen LogP contribution in [0.5, 0.6) is 0 Å². The predicted octanol–water partition coefficient (Wildman–Crippen LogP) is 4.28. The third kappa shape index (κ3) is 5.24. The maximum Gasteiger partial charge on any atom is 0.293 e. The van der Waals surface area contributed by atoms with Crippen LogP contribution in [0.1, 0.15) is 5.56 Å². The lowest BCUT2D eigenvalue weighted by atomic mass is 10.1. The molecule has 3 aromatic rings. The molecule has 3 aromatic carbocycles. The van der Waals surface area contributed by atoms with Crippen molar-refractivity contribution in [3.8, 4) is 0 Å². The summed E-state index contributed by atoms with van der Waals surface area (Å²) in [7, 11) is 0. The van der Waals surface area contributed by atoms with Crippen molar-refractivity contribution >= 4 is 34.7 Å². The molecule has 1 N–H and O–H groups in total. The highest BCUT2D eigenvalue weighted by Crippen LogP contribution is 2.30. The van der Waals surface area contributed by atoms with E-state index < -0.39 is 4.92 Å². The predicted molar refractivity (Wildman–Crippen MR) is 128 cm³/mol. The maximum absolute atomic E-state index is 11.7. The molecule has 168 valence electrons. The number of benzene rings is 3. The first kappa shape index (κ1) is 21.8. The minimum absolute atomic E-state index is 0.0136. The number of nitrogens with one attached hydrogen (secondary N) is 1. The van der Waals surface area contributed by atoms with Crippen LogP contribution in [-0.4, -0.2) is 42.2 Å². The van der Waals surface area contributed by atoms with Gasteiger partial charge in [-0.25, -0.2) is 0 Å². The van der Waals surface area contributed by atoms with Crippen LogP contribution < -0.4 is 15.2 Å². The highest BCUT2D eigenvalue weighted by atomic mass is 16.6. The Morgan fingerprint density at radius 1 is 0.818 bits per heavy atom. The Labute approximate surface area is 190 Å². The molecule has 0 atom stereocenters. The molecule has 0 aliphatic carbocycles. The fourth-order valence-corrected chi connectivity index (χ4v) is 3.72. The normalized spacial score (nSPS) is 13.8. The molecule has 1 aliphatic rings. The molecule has 0 unspecified atom stereocenters. The summed E-state index contributed by atoms with van der Waals surface area (Å²) in [6, 6.07) is 21.0. The molecule has 1 fully saturated rings. The van der Waals surface area contributed by atoms with Crippen molar-refractivity contribution in [2.24, 2.45) is 5.10 Å². The Morgan fingerprint density at radius 2 is 1.48 bits per heavy atom. The van der Waals surface area contributed by atoms with Gasteiger partial charge in [-0.3, -0.25) is 25.7 Å². The van der Waals surface area contributed by atoms with E-state index in [0.29, 0.717) is 30.0 Å². The molecule has 10 heteroatoms. The van der Waals surface area contributed by atoms with Crippen LogP contribution in [0.25, 0.3) is 0 Å². The van der Waals surface area contributed by atoms with E-state index in [4.69, 9.17) is 0 Å². The van der Waals surface area contributed by atoms with Gasteiger partial charge >= 0.3 is 0 Å². The van der Waals surface area contributed by atoms with Crippen LogP contribution in [0, 0.1) is 20.2 Å². The van der Waals surface area contributed by atoms with E-state index in [9.17, 15) is 20.2 Å². The Morgan fingerprint density at radius 3 is 2.12 bits per heavy atom. The lowest BCUT2D eigenvalue weighted by Crippen LogP contribution is -2.46. The quantitative estimate of drug-likeness (QED) is 0.327. The summed E-state index contributed by atoms with van der Waals surface area (Å²) < 4.78 is 0. The Hall–Kier alpha value is -4.47. The number of piperazine rings is 1. The van der Waals surface area contributed by atoms with E-state index >= 15 is 0 Å². The molecule has 0 spiro atoms. The average Bonchev–Trinajstić information content (AvgIpc) is 2.85. The molecule has 4 rings (SSSR count). The molecule has 10 nitrogen and oxygen atoms in total. The molecular formula is C23H22N6O4. The van der Waals surface area contributed by atoms with Crippen molar-refractivity contribution in [1.29, 1.82) is 0 Å². The second-order valence-electron chi connectivity index (χ2n) is 7.49. The van der Waals surface area contributed by atoms with Gasteiger partial charge in [0.05, 0.1) is 21.7 Å². The van der Waals surface area contributed by atoms with Gasteiger partial charge in [0.25, 0.3) is 11.4 Å². The van der Waals surface area contributed by atoms with Crippen molar-refractivity contribution < 1.29 is 9.85 Å². The lowest BCUT2D eigenvalue weighted by Gasteiger charge is -2.37. The minimum atomic E-state index is -0.477. The summed E-state index contributed by atoms with van der Waals surface area (Å²) in [4.78, 5) is 25.9. The second-order valence-corrected chi connectivity index (χ2v) is 7.49. The lowest BCUT2D eigenvalue weighted by molar-refractivity contribution is -0.384. The zero-order valence-electron chi connectivity index (χ0n) is 17.7. The average molecular weight is 446 g/mol. The first-order chi connectivity index (χ1) is 16.0. The van der Waals surface area contributed by atoms with E-state index in [1.807, 2.05) is 23.1 Å². The molecule has 1 aliphatic heterocycles. The number of nitro groups is 2. The molecule has 33 heavy (non-hydrogen) atoms. The van der Waals surface area contributed by atoms with Crippen molar-refractivity contribution in [2.75, 3.05) is 41.4 Å². The van der Waals surface area contributed by atoms with E-state index in [-0.39, 0.29) is 16.3 Å². The zero-order chi connectivity index (χ0) is 23.2. The Bertz CT molecular complexity index is 1160. The Kier molecular flexibility index (Phi) is 6.44. The van der Waals surface area contributed by atoms with Crippen molar-refractivity contribution in [3.63, 3.8) is 0 Å². The van der Waals surface area contributed by atoms with E-state index in [2.05, 4.69) is 27.6 Å². The number of anilines is 3. The summed E-state index contributed by atoms with van der Waals surface area (Å²) in [5.74, 6) is 0. The summed E-state index contributed by atoms with van der Waals surface area (Å²) in [6.07, 6.45) is 1.48. The van der Waals surface area contributed by atoms with Gasteiger partial charge in [-0.1, -0.05) is 24.3 Å². The number of non-ortho nitro benzene ring substituents is 1. The smallest absolute Gasteiger partial charge is 0.293 e. The first-order valence-electron chi connectivity index (χ1n) is 10.4. The highest BCUT2D eigenvalue weighted by Gasteiger charge is 2.24. The van der Waals surface area contributed by atoms with Gasteiger partial charge in [0.1, 0.15) is 5.69 Å². The van der Waals surface area contributed by atoms with Crippen LogP contribution in [-0.2, 0) is 0 Å². The molecule has 0 radical (unpaired) electrons. The van der Waals surface area contributed by atoms with Crippen LogP contribution in [0.2, 0.25) is 0 Å². The highest BCUT2D eigenvalue weighted by molar-refractivity contribution is 5.83. The Balaban J connectivity index is 1.43. The van der Waals surface area contributed by atoms with Crippen LogP contribution in [0.15, 0.2) is 77.9 Å².